The van der Waals surface area contributed by atoms with E-state index in [9.17, 15) is 13.2 Å². The molecule has 7 heteroatoms. The van der Waals surface area contributed by atoms with Gasteiger partial charge in [-0.3, -0.25) is 4.79 Å². The second kappa shape index (κ2) is 11.2. The molecule has 0 radical (unpaired) electrons. The van der Waals surface area contributed by atoms with Gasteiger partial charge in [0.05, 0.1) is 4.90 Å². The second-order valence-corrected chi connectivity index (χ2v) is 7.68. The Labute approximate surface area is 152 Å². The van der Waals surface area contributed by atoms with Crippen molar-refractivity contribution in [2.24, 2.45) is 0 Å². The number of rotatable bonds is 12. The minimum atomic E-state index is -3.57. The van der Waals surface area contributed by atoms with Gasteiger partial charge in [0.1, 0.15) is 0 Å². The van der Waals surface area contributed by atoms with Crippen molar-refractivity contribution in [3.8, 4) is 0 Å². The van der Waals surface area contributed by atoms with Crippen LogP contribution in [0.15, 0.2) is 29.2 Å². The first-order chi connectivity index (χ1) is 11.9. The maximum Gasteiger partial charge on any atom is 0.251 e. The summed E-state index contributed by atoms with van der Waals surface area (Å²) in [7, 11) is -3.57. The molecule has 25 heavy (non-hydrogen) atoms. The molecule has 0 aliphatic rings. The molecular formula is C18H31N3O3S. The van der Waals surface area contributed by atoms with Gasteiger partial charge in [0.25, 0.3) is 5.91 Å². The van der Waals surface area contributed by atoms with E-state index in [0.717, 1.165) is 38.9 Å². The van der Waals surface area contributed by atoms with Crippen LogP contribution in [0.5, 0.6) is 0 Å². The van der Waals surface area contributed by atoms with Gasteiger partial charge in [-0.25, -0.2) is 13.1 Å². The van der Waals surface area contributed by atoms with Gasteiger partial charge in [-0.1, -0.05) is 33.3 Å². The van der Waals surface area contributed by atoms with Crippen molar-refractivity contribution in [3.63, 3.8) is 0 Å². The van der Waals surface area contributed by atoms with Crippen molar-refractivity contribution >= 4 is 15.9 Å². The lowest BCUT2D eigenvalue weighted by molar-refractivity contribution is 0.0951. The Morgan fingerprint density at radius 1 is 1.08 bits per heavy atom. The summed E-state index contributed by atoms with van der Waals surface area (Å²) >= 11 is 0. The predicted molar refractivity (Wildman–Crippen MR) is 101 cm³/mol. The van der Waals surface area contributed by atoms with Gasteiger partial charge in [0, 0.05) is 18.7 Å². The third-order valence-corrected chi connectivity index (χ3v) is 5.52. The second-order valence-electron chi connectivity index (χ2n) is 5.92. The molecular weight excluding hydrogens is 338 g/mol. The topological polar surface area (TPSA) is 78.5 Å². The van der Waals surface area contributed by atoms with Crippen LogP contribution in [0.25, 0.3) is 0 Å². The lowest BCUT2D eigenvalue weighted by Crippen LogP contribution is -2.30. The number of amides is 1. The van der Waals surface area contributed by atoms with Crippen LogP contribution in [-0.4, -0.2) is 51.9 Å². The van der Waals surface area contributed by atoms with Crippen LogP contribution in [0.4, 0.5) is 0 Å². The molecule has 0 aliphatic heterocycles. The largest absolute Gasteiger partial charge is 0.352 e. The predicted octanol–water partition coefficient (Wildman–Crippen LogP) is 2.23. The van der Waals surface area contributed by atoms with E-state index in [1.54, 1.807) is 12.1 Å². The lowest BCUT2D eigenvalue weighted by atomic mass is 10.2. The number of unbranched alkanes of at least 4 members (excludes halogenated alkanes) is 1. The van der Waals surface area contributed by atoms with Crippen LogP contribution in [0.2, 0.25) is 0 Å². The Morgan fingerprint density at radius 3 is 2.44 bits per heavy atom. The zero-order valence-corrected chi connectivity index (χ0v) is 16.4. The van der Waals surface area contributed by atoms with Crippen molar-refractivity contribution in [3.05, 3.63) is 29.8 Å². The van der Waals surface area contributed by atoms with Crippen molar-refractivity contribution in [1.82, 2.24) is 14.9 Å². The van der Waals surface area contributed by atoms with Gasteiger partial charge in [-0.15, -0.1) is 0 Å². The molecule has 0 saturated carbocycles. The van der Waals surface area contributed by atoms with E-state index in [1.165, 1.54) is 12.1 Å². The van der Waals surface area contributed by atoms with Gasteiger partial charge in [0.2, 0.25) is 10.0 Å². The SMILES string of the molecule is CCCCNS(=O)(=O)c1cccc(C(=O)NCCCN(CC)CC)c1. The number of carbonyl (C=O) groups is 1. The highest BCUT2D eigenvalue weighted by Crippen LogP contribution is 2.11. The van der Waals surface area contributed by atoms with E-state index in [1.807, 2.05) is 6.92 Å². The highest BCUT2D eigenvalue weighted by molar-refractivity contribution is 7.89. The molecule has 0 saturated heterocycles. The Balaban J connectivity index is 2.60. The monoisotopic (exact) mass is 369 g/mol. The molecule has 6 nitrogen and oxygen atoms in total. The van der Waals surface area contributed by atoms with Gasteiger partial charge >= 0.3 is 0 Å². The van der Waals surface area contributed by atoms with Crippen LogP contribution in [0, 0.1) is 0 Å². The van der Waals surface area contributed by atoms with Gasteiger partial charge in [-0.05, 0) is 50.7 Å². The fourth-order valence-electron chi connectivity index (χ4n) is 2.42. The van der Waals surface area contributed by atoms with Crippen LogP contribution in [0.1, 0.15) is 50.4 Å². The molecule has 0 fully saturated rings. The summed E-state index contributed by atoms with van der Waals surface area (Å²) in [5.41, 5.74) is 0.362. The molecule has 0 bridgehead atoms. The molecule has 1 aromatic rings. The Morgan fingerprint density at radius 2 is 1.80 bits per heavy atom. The number of nitrogens with zero attached hydrogens (tertiary/aromatic N) is 1. The third-order valence-electron chi connectivity index (χ3n) is 4.06. The number of hydrogen-bond donors (Lipinski definition) is 2. The van der Waals surface area contributed by atoms with Gasteiger partial charge in [0.15, 0.2) is 0 Å². The molecule has 0 atom stereocenters. The molecule has 0 aliphatic carbocycles. The van der Waals surface area contributed by atoms with E-state index >= 15 is 0 Å². The highest BCUT2D eigenvalue weighted by atomic mass is 32.2. The first-order valence-electron chi connectivity index (χ1n) is 9.04. The molecule has 2 N–H and O–H groups in total. The first-order valence-corrected chi connectivity index (χ1v) is 10.5. The Kier molecular flexibility index (Phi) is 9.70. The molecule has 0 aromatic heterocycles. The summed E-state index contributed by atoms with van der Waals surface area (Å²) in [6.45, 7) is 10.1. The fourth-order valence-corrected chi connectivity index (χ4v) is 3.54. The van der Waals surface area contributed by atoms with E-state index in [2.05, 4.69) is 28.8 Å². The quantitative estimate of drug-likeness (QED) is 0.554. The maximum atomic E-state index is 12.2. The van der Waals surface area contributed by atoms with E-state index < -0.39 is 10.0 Å². The highest BCUT2D eigenvalue weighted by Gasteiger charge is 2.15. The van der Waals surface area contributed by atoms with E-state index in [0.29, 0.717) is 18.7 Å². The smallest absolute Gasteiger partial charge is 0.251 e. The number of nitrogens with one attached hydrogen (secondary N) is 2. The molecule has 142 valence electrons. The molecule has 0 spiro atoms. The van der Waals surface area contributed by atoms with Crippen LogP contribution >= 0.6 is 0 Å². The zero-order chi connectivity index (χ0) is 18.7. The summed E-state index contributed by atoms with van der Waals surface area (Å²) in [4.78, 5) is 14.6. The minimum absolute atomic E-state index is 0.124. The van der Waals surface area contributed by atoms with E-state index in [4.69, 9.17) is 0 Å². The standard InChI is InChI=1S/C18H31N3O3S/c1-4-7-13-20-25(23,24)17-11-8-10-16(15-17)18(22)19-12-9-14-21(5-2)6-3/h8,10-11,15,20H,4-7,9,12-14H2,1-3H3,(H,19,22). The number of carbonyl (C=O) groups excluding carboxylic acids is 1. The molecule has 1 aromatic carbocycles. The van der Waals surface area contributed by atoms with Crippen molar-refractivity contribution in [2.45, 2.75) is 44.9 Å². The van der Waals surface area contributed by atoms with Crippen molar-refractivity contribution in [2.75, 3.05) is 32.7 Å². The van der Waals surface area contributed by atoms with E-state index in [-0.39, 0.29) is 10.8 Å². The van der Waals surface area contributed by atoms with Crippen LogP contribution < -0.4 is 10.0 Å². The summed E-state index contributed by atoms with van der Waals surface area (Å²) in [5, 5.41) is 2.85. The normalized spacial score (nSPS) is 11.7. The Bertz CT molecular complexity index is 628. The van der Waals surface area contributed by atoms with Crippen molar-refractivity contribution < 1.29 is 13.2 Å². The van der Waals surface area contributed by atoms with Gasteiger partial charge < -0.3 is 10.2 Å². The summed E-state index contributed by atoms with van der Waals surface area (Å²) in [6, 6.07) is 6.16. The molecule has 1 amide bonds. The van der Waals surface area contributed by atoms with Gasteiger partial charge in [-0.2, -0.15) is 0 Å². The number of benzene rings is 1. The maximum absolute atomic E-state index is 12.2. The van der Waals surface area contributed by atoms with Crippen LogP contribution in [-0.2, 0) is 10.0 Å². The minimum Gasteiger partial charge on any atom is -0.352 e. The first kappa shape index (κ1) is 21.6. The fraction of sp³-hybridized carbons (Fsp3) is 0.611. The number of sulfonamides is 1. The average Bonchev–Trinajstić information content (AvgIpc) is 2.62. The average molecular weight is 370 g/mol. The lowest BCUT2D eigenvalue weighted by Gasteiger charge is -2.17. The van der Waals surface area contributed by atoms with Crippen molar-refractivity contribution in [1.29, 1.82) is 0 Å². The summed E-state index contributed by atoms with van der Waals surface area (Å²) in [5.74, 6) is -0.245. The molecule has 1 rings (SSSR count). The summed E-state index contributed by atoms with van der Waals surface area (Å²) < 4.78 is 27.0. The number of hydrogen-bond acceptors (Lipinski definition) is 4. The summed E-state index contributed by atoms with van der Waals surface area (Å²) in [6.07, 6.45) is 2.56. The third kappa shape index (κ3) is 7.54. The zero-order valence-electron chi connectivity index (χ0n) is 15.5. The molecule has 0 heterocycles. The Hall–Kier alpha value is -1.44. The van der Waals surface area contributed by atoms with Crippen LogP contribution in [0.3, 0.4) is 0 Å². The molecule has 0 unspecified atom stereocenters.